The summed E-state index contributed by atoms with van der Waals surface area (Å²) in [6.07, 6.45) is 2.92. The van der Waals surface area contributed by atoms with Crippen LogP contribution in [0.2, 0.25) is 0 Å². The number of hydrogen-bond donors (Lipinski definition) is 6. The number of aromatic hydroxyl groups is 2. The number of aromatic amines is 2. The second-order valence-corrected chi connectivity index (χ2v) is 3.32. The molecule has 0 atom stereocenters. The zero-order valence-electron chi connectivity index (χ0n) is 11.1. The van der Waals surface area contributed by atoms with Gasteiger partial charge in [-0.25, -0.2) is 4.79 Å². The molecule has 0 fully saturated rings. The molecule has 2 heterocycles. The molecular formula is C12H15ClN2O7. The number of aliphatic hydroxyl groups is 1. The number of aliphatic hydroxyl groups excluding tert-OH is 1. The Hall–Kier alpha value is -2.78. The summed E-state index contributed by atoms with van der Waals surface area (Å²) in [5, 5.41) is 32.2. The van der Waals surface area contributed by atoms with Gasteiger partial charge in [0, 0.05) is 12.4 Å². The minimum Gasteiger partial charge on any atom is -0.503 e. The molecule has 0 radical (unpaired) electrons. The largest absolute Gasteiger partial charge is 0.503 e. The Morgan fingerprint density at radius 3 is 1.41 bits per heavy atom. The highest BCUT2D eigenvalue weighted by Gasteiger charge is 1.87. The first-order valence-electron chi connectivity index (χ1n) is 5.44. The average Bonchev–Trinajstić information content (AvgIpc) is 2.47. The Morgan fingerprint density at radius 2 is 1.27 bits per heavy atom. The maximum Gasteiger partial charge on any atom is 0.329 e. The minimum atomic E-state index is -1.19. The summed E-state index contributed by atoms with van der Waals surface area (Å²) in [7, 11) is 0. The van der Waals surface area contributed by atoms with Gasteiger partial charge >= 0.3 is 5.97 Å². The number of aromatic nitrogens is 2. The Labute approximate surface area is 129 Å². The second-order valence-electron chi connectivity index (χ2n) is 3.32. The lowest BCUT2D eigenvalue weighted by Gasteiger charge is -1.83. The smallest absolute Gasteiger partial charge is 0.329 e. The minimum absolute atomic E-state index is 0. The van der Waals surface area contributed by atoms with Crippen LogP contribution in [0.5, 0.6) is 11.5 Å². The standard InChI is InChI=1S/2C5H5NO2.C2H4O3.ClH/c2*7-4-2-1-3-6-5(4)8;3-1-2(4)5;/h2*1-3,7H,(H,6,8);3H,1H2,(H,4,5);1H. The van der Waals surface area contributed by atoms with Gasteiger partial charge in [0.05, 0.1) is 0 Å². The zero-order chi connectivity index (χ0) is 16.3. The van der Waals surface area contributed by atoms with E-state index in [1.807, 2.05) is 0 Å². The Morgan fingerprint density at radius 1 is 0.955 bits per heavy atom. The van der Waals surface area contributed by atoms with Crippen LogP contribution in [0.1, 0.15) is 0 Å². The topological polar surface area (TPSA) is 164 Å². The molecule has 0 saturated carbocycles. The fraction of sp³-hybridized carbons (Fsp3) is 0.0833. The molecule has 0 unspecified atom stereocenters. The average molecular weight is 335 g/mol. The molecule has 2 aromatic rings. The van der Waals surface area contributed by atoms with E-state index in [2.05, 4.69) is 9.97 Å². The maximum absolute atomic E-state index is 10.3. The van der Waals surface area contributed by atoms with E-state index >= 15 is 0 Å². The third-order valence-electron chi connectivity index (χ3n) is 1.73. The van der Waals surface area contributed by atoms with Crippen molar-refractivity contribution >= 4 is 18.4 Å². The first-order chi connectivity index (χ1) is 9.88. The van der Waals surface area contributed by atoms with E-state index in [-0.39, 0.29) is 23.9 Å². The summed E-state index contributed by atoms with van der Waals surface area (Å²) < 4.78 is 0. The number of carboxylic acids is 1. The zero-order valence-corrected chi connectivity index (χ0v) is 11.9. The van der Waals surface area contributed by atoms with Crippen LogP contribution in [-0.4, -0.2) is 43.0 Å². The van der Waals surface area contributed by atoms with Crippen molar-refractivity contribution in [1.82, 2.24) is 9.97 Å². The summed E-state index contributed by atoms with van der Waals surface area (Å²) >= 11 is 0. The number of hydrogen-bond acceptors (Lipinski definition) is 6. The van der Waals surface area contributed by atoms with Crippen molar-refractivity contribution in [3.05, 3.63) is 57.4 Å². The highest BCUT2D eigenvalue weighted by Crippen LogP contribution is 1.92. The Kier molecular flexibility index (Phi) is 11.7. The third kappa shape index (κ3) is 10.1. The van der Waals surface area contributed by atoms with Crippen molar-refractivity contribution in [1.29, 1.82) is 0 Å². The van der Waals surface area contributed by atoms with Crippen LogP contribution in [-0.2, 0) is 4.79 Å². The number of halogens is 1. The van der Waals surface area contributed by atoms with E-state index in [1.165, 1.54) is 24.5 Å². The number of H-pyrrole nitrogens is 2. The molecule has 0 aromatic carbocycles. The SMILES string of the molecule is Cl.O=C(O)CO.O=c1[nH]cccc1O.O=c1[nH]cccc1O. The van der Waals surface area contributed by atoms with E-state index in [9.17, 15) is 9.59 Å². The predicted molar refractivity (Wildman–Crippen MR) is 79.4 cm³/mol. The molecule has 2 aromatic heterocycles. The van der Waals surface area contributed by atoms with Gasteiger partial charge in [-0.15, -0.1) is 12.4 Å². The fourth-order valence-electron chi connectivity index (χ4n) is 0.825. The molecule has 0 aliphatic carbocycles. The normalized spacial score (nSPS) is 8.23. The van der Waals surface area contributed by atoms with Gasteiger partial charge in [-0.2, -0.15) is 0 Å². The van der Waals surface area contributed by atoms with E-state index in [1.54, 1.807) is 12.1 Å². The van der Waals surface area contributed by atoms with Crippen molar-refractivity contribution < 1.29 is 25.2 Å². The molecular weight excluding hydrogens is 320 g/mol. The van der Waals surface area contributed by atoms with Gasteiger partial charge in [0.15, 0.2) is 11.5 Å². The van der Waals surface area contributed by atoms with Crippen LogP contribution in [0.15, 0.2) is 46.2 Å². The maximum atomic E-state index is 10.3. The summed E-state index contributed by atoms with van der Waals surface area (Å²) in [5.74, 6) is -1.68. The van der Waals surface area contributed by atoms with Crippen molar-refractivity contribution in [2.24, 2.45) is 0 Å². The van der Waals surface area contributed by atoms with Crippen LogP contribution >= 0.6 is 12.4 Å². The Bertz CT molecular complexity index is 617. The summed E-state index contributed by atoms with van der Waals surface area (Å²) in [5.41, 5.74) is -0.903. The van der Waals surface area contributed by atoms with E-state index in [4.69, 9.17) is 25.2 Å². The van der Waals surface area contributed by atoms with Crippen LogP contribution in [0, 0.1) is 0 Å². The second kappa shape index (κ2) is 12.0. The summed E-state index contributed by atoms with van der Waals surface area (Å²) in [4.78, 5) is 34.3. The summed E-state index contributed by atoms with van der Waals surface area (Å²) in [6, 6.07) is 5.77. The van der Waals surface area contributed by atoms with Gasteiger partial charge in [0.2, 0.25) is 0 Å². The number of rotatable bonds is 1. The lowest BCUT2D eigenvalue weighted by molar-refractivity contribution is -0.140. The van der Waals surface area contributed by atoms with Crippen LogP contribution in [0.4, 0.5) is 0 Å². The number of carboxylic acid groups (broad SMARTS) is 1. The lowest BCUT2D eigenvalue weighted by Crippen LogP contribution is -2.01. The third-order valence-corrected chi connectivity index (χ3v) is 1.73. The van der Waals surface area contributed by atoms with Gasteiger partial charge < -0.3 is 30.4 Å². The van der Waals surface area contributed by atoms with Gasteiger partial charge in [-0.05, 0) is 24.3 Å². The molecule has 9 nitrogen and oxygen atoms in total. The fourth-order valence-corrected chi connectivity index (χ4v) is 0.825. The van der Waals surface area contributed by atoms with E-state index in [0.717, 1.165) is 0 Å². The molecule has 10 heteroatoms. The van der Waals surface area contributed by atoms with Crippen molar-refractivity contribution in [3.8, 4) is 11.5 Å². The number of carbonyl (C=O) groups is 1. The lowest BCUT2D eigenvalue weighted by atomic mass is 10.5. The molecule has 0 aliphatic heterocycles. The van der Waals surface area contributed by atoms with Crippen molar-refractivity contribution in [3.63, 3.8) is 0 Å². The molecule has 0 aliphatic rings. The highest BCUT2D eigenvalue weighted by molar-refractivity contribution is 5.85. The van der Waals surface area contributed by atoms with Gasteiger partial charge in [-0.3, -0.25) is 9.59 Å². The van der Waals surface area contributed by atoms with E-state index < -0.39 is 23.7 Å². The monoisotopic (exact) mass is 334 g/mol. The first kappa shape index (κ1) is 21.5. The van der Waals surface area contributed by atoms with Gasteiger partial charge in [0.25, 0.3) is 11.1 Å². The number of pyridine rings is 2. The van der Waals surface area contributed by atoms with Crippen molar-refractivity contribution in [2.45, 2.75) is 0 Å². The summed E-state index contributed by atoms with van der Waals surface area (Å²) in [6.45, 7) is -0.778. The molecule has 6 N–H and O–H groups in total. The van der Waals surface area contributed by atoms with Gasteiger partial charge in [0.1, 0.15) is 6.61 Å². The molecule has 0 spiro atoms. The van der Waals surface area contributed by atoms with Crippen LogP contribution in [0.25, 0.3) is 0 Å². The first-order valence-corrected chi connectivity index (χ1v) is 5.44. The molecule has 2 rings (SSSR count). The molecule has 0 bridgehead atoms. The van der Waals surface area contributed by atoms with Crippen LogP contribution in [0.3, 0.4) is 0 Å². The predicted octanol–water partition coefficient (Wildman–Crippen LogP) is -0.354. The van der Waals surface area contributed by atoms with E-state index in [0.29, 0.717) is 0 Å². The van der Waals surface area contributed by atoms with Gasteiger partial charge in [-0.1, -0.05) is 0 Å². The quantitative estimate of drug-likeness (QED) is 0.414. The molecule has 0 amide bonds. The molecule has 122 valence electrons. The Balaban J connectivity index is 0. The van der Waals surface area contributed by atoms with Crippen molar-refractivity contribution in [2.75, 3.05) is 6.61 Å². The highest BCUT2D eigenvalue weighted by atomic mass is 35.5. The van der Waals surface area contributed by atoms with Crippen LogP contribution < -0.4 is 11.1 Å². The molecule has 22 heavy (non-hydrogen) atoms. The number of aliphatic carboxylic acids is 1. The number of nitrogens with one attached hydrogen (secondary N) is 2. The molecule has 0 saturated heterocycles.